The van der Waals surface area contributed by atoms with E-state index in [9.17, 15) is 9.90 Å². The summed E-state index contributed by atoms with van der Waals surface area (Å²) in [5.74, 6) is -0.420. The van der Waals surface area contributed by atoms with Gasteiger partial charge in [-0.25, -0.2) is 0 Å². The summed E-state index contributed by atoms with van der Waals surface area (Å²) in [4.78, 5) is 11.5. The van der Waals surface area contributed by atoms with Crippen molar-refractivity contribution in [2.24, 2.45) is 5.73 Å². The lowest BCUT2D eigenvalue weighted by atomic mass is 10.2. The Kier molecular flexibility index (Phi) is 4.72. The van der Waals surface area contributed by atoms with Crippen molar-refractivity contribution in [3.05, 3.63) is 22.7 Å². The van der Waals surface area contributed by atoms with E-state index in [1.165, 1.54) is 13.2 Å². The normalized spacial score (nSPS) is 12.2. The van der Waals surface area contributed by atoms with Crippen LogP contribution in [0.2, 0.25) is 0 Å². The number of nitrogens with one attached hydrogen (secondary N) is 1. The molecule has 4 N–H and O–H groups in total. The molecule has 0 radical (unpaired) electrons. The van der Waals surface area contributed by atoms with E-state index in [-0.39, 0.29) is 12.4 Å². The molecular formula is C10H13BrN2O3. The second kappa shape index (κ2) is 5.83. The zero-order valence-electron chi connectivity index (χ0n) is 8.74. The third-order valence-electron chi connectivity index (χ3n) is 1.90. The molecule has 0 saturated heterocycles. The van der Waals surface area contributed by atoms with Gasteiger partial charge in [-0.15, -0.1) is 0 Å². The number of hydrogen-bond acceptors (Lipinski definition) is 4. The predicted octanol–water partition coefficient (Wildman–Crippen LogP) is 1.07. The van der Waals surface area contributed by atoms with Gasteiger partial charge in [0.15, 0.2) is 0 Å². The molecule has 16 heavy (non-hydrogen) atoms. The largest absolute Gasteiger partial charge is 0.506 e. The van der Waals surface area contributed by atoms with E-state index in [0.717, 1.165) is 4.47 Å². The maximum atomic E-state index is 11.5. The Labute approximate surface area is 102 Å². The fourth-order valence-electron chi connectivity index (χ4n) is 1.09. The summed E-state index contributed by atoms with van der Waals surface area (Å²) in [7, 11) is 1.46. The van der Waals surface area contributed by atoms with Gasteiger partial charge in [0.1, 0.15) is 11.8 Å². The van der Waals surface area contributed by atoms with Crippen LogP contribution in [0, 0.1) is 0 Å². The van der Waals surface area contributed by atoms with Crippen LogP contribution in [0.5, 0.6) is 5.75 Å². The maximum Gasteiger partial charge on any atom is 0.243 e. The first-order valence-electron chi connectivity index (χ1n) is 4.58. The zero-order chi connectivity index (χ0) is 12.1. The number of anilines is 1. The third kappa shape index (κ3) is 3.48. The van der Waals surface area contributed by atoms with Crippen LogP contribution in [0.25, 0.3) is 0 Å². The highest BCUT2D eigenvalue weighted by atomic mass is 79.9. The van der Waals surface area contributed by atoms with Crippen molar-refractivity contribution in [3.63, 3.8) is 0 Å². The van der Waals surface area contributed by atoms with Gasteiger partial charge in [-0.1, -0.05) is 15.9 Å². The summed E-state index contributed by atoms with van der Waals surface area (Å²) < 4.78 is 5.51. The molecule has 0 aliphatic rings. The minimum absolute atomic E-state index is 0.0128. The van der Waals surface area contributed by atoms with Gasteiger partial charge < -0.3 is 20.9 Å². The highest BCUT2D eigenvalue weighted by molar-refractivity contribution is 9.10. The number of ether oxygens (including phenoxy) is 1. The van der Waals surface area contributed by atoms with Crippen LogP contribution in [0.4, 0.5) is 5.69 Å². The SMILES string of the molecule is COCC(N)C(=O)Nc1cc(Br)ccc1O. The summed E-state index contributed by atoms with van der Waals surface area (Å²) in [6, 6.07) is 3.97. The fourth-order valence-corrected chi connectivity index (χ4v) is 1.45. The Morgan fingerprint density at radius 2 is 2.38 bits per heavy atom. The van der Waals surface area contributed by atoms with Crippen LogP contribution in [-0.2, 0) is 9.53 Å². The number of benzene rings is 1. The number of aromatic hydroxyl groups is 1. The van der Waals surface area contributed by atoms with Gasteiger partial charge >= 0.3 is 0 Å². The average molecular weight is 289 g/mol. The summed E-state index contributed by atoms with van der Waals surface area (Å²) in [6.45, 7) is 0.126. The van der Waals surface area contributed by atoms with Crippen LogP contribution >= 0.6 is 15.9 Å². The van der Waals surface area contributed by atoms with Crippen molar-refractivity contribution in [2.45, 2.75) is 6.04 Å². The van der Waals surface area contributed by atoms with Crippen molar-refractivity contribution in [2.75, 3.05) is 19.0 Å². The quantitative estimate of drug-likeness (QED) is 0.724. The van der Waals surface area contributed by atoms with Gasteiger partial charge in [0.2, 0.25) is 5.91 Å². The summed E-state index contributed by atoms with van der Waals surface area (Å²) in [6.07, 6.45) is 0. The molecule has 0 spiro atoms. The molecule has 1 rings (SSSR count). The van der Waals surface area contributed by atoms with E-state index < -0.39 is 11.9 Å². The Hall–Kier alpha value is -1.11. The van der Waals surface area contributed by atoms with Gasteiger partial charge in [-0.3, -0.25) is 4.79 Å². The molecule has 0 aliphatic carbocycles. The smallest absolute Gasteiger partial charge is 0.243 e. The molecule has 1 unspecified atom stereocenters. The Bertz CT molecular complexity index is 384. The molecule has 5 nitrogen and oxygen atoms in total. The molecule has 6 heteroatoms. The number of nitrogens with two attached hydrogens (primary N) is 1. The second-order valence-electron chi connectivity index (χ2n) is 3.21. The van der Waals surface area contributed by atoms with E-state index in [0.29, 0.717) is 5.69 Å². The summed E-state index contributed by atoms with van der Waals surface area (Å²) >= 11 is 3.24. The monoisotopic (exact) mass is 288 g/mol. The molecule has 1 atom stereocenters. The maximum absolute atomic E-state index is 11.5. The van der Waals surface area contributed by atoms with Crippen molar-refractivity contribution >= 4 is 27.5 Å². The number of rotatable bonds is 4. The molecular weight excluding hydrogens is 276 g/mol. The first kappa shape index (κ1) is 13.0. The average Bonchev–Trinajstić information content (AvgIpc) is 2.23. The first-order valence-corrected chi connectivity index (χ1v) is 5.37. The Morgan fingerprint density at radius 1 is 1.69 bits per heavy atom. The fraction of sp³-hybridized carbons (Fsp3) is 0.300. The van der Waals surface area contributed by atoms with Crippen LogP contribution in [-0.4, -0.2) is 30.8 Å². The van der Waals surface area contributed by atoms with Gasteiger partial charge in [0, 0.05) is 11.6 Å². The topological polar surface area (TPSA) is 84.6 Å². The van der Waals surface area contributed by atoms with E-state index >= 15 is 0 Å². The number of hydrogen-bond donors (Lipinski definition) is 3. The van der Waals surface area contributed by atoms with Gasteiger partial charge in [0.25, 0.3) is 0 Å². The summed E-state index contributed by atoms with van der Waals surface area (Å²) in [5.41, 5.74) is 5.84. The molecule has 0 saturated carbocycles. The minimum Gasteiger partial charge on any atom is -0.506 e. The lowest BCUT2D eigenvalue weighted by Crippen LogP contribution is -2.39. The molecule has 1 aromatic rings. The number of phenols is 1. The van der Waals surface area contributed by atoms with Crippen LogP contribution in [0.1, 0.15) is 0 Å². The second-order valence-corrected chi connectivity index (χ2v) is 4.13. The van der Waals surface area contributed by atoms with Crippen molar-refractivity contribution in [3.8, 4) is 5.75 Å². The lowest BCUT2D eigenvalue weighted by molar-refractivity contribution is -0.118. The number of carbonyl (C=O) groups is 1. The van der Waals surface area contributed by atoms with Crippen LogP contribution < -0.4 is 11.1 Å². The van der Waals surface area contributed by atoms with E-state index in [1.54, 1.807) is 12.1 Å². The Balaban J connectivity index is 2.72. The number of carbonyl (C=O) groups excluding carboxylic acids is 1. The standard InChI is InChI=1S/C10H13BrN2O3/c1-16-5-7(12)10(15)13-8-4-6(11)2-3-9(8)14/h2-4,7,14H,5,12H2,1H3,(H,13,15). The number of phenolic OH excluding ortho intramolecular Hbond substituents is 1. The molecule has 0 fully saturated rings. The number of methoxy groups -OCH3 is 1. The minimum atomic E-state index is -0.761. The third-order valence-corrected chi connectivity index (χ3v) is 2.39. The van der Waals surface area contributed by atoms with Crippen molar-refractivity contribution in [1.82, 2.24) is 0 Å². The van der Waals surface area contributed by atoms with Crippen molar-refractivity contribution < 1.29 is 14.6 Å². The highest BCUT2D eigenvalue weighted by Crippen LogP contribution is 2.26. The first-order chi connectivity index (χ1) is 7.54. The van der Waals surface area contributed by atoms with Gasteiger partial charge in [0.05, 0.1) is 12.3 Å². The summed E-state index contributed by atoms with van der Waals surface area (Å²) in [5, 5.41) is 12.0. The highest BCUT2D eigenvalue weighted by Gasteiger charge is 2.14. The number of amides is 1. The van der Waals surface area contributed by atoms with E-state index in [1.807, 2.05) is 0 Å². The zero-order valence-corrected chi connectivity index (χ0v) is 10.3. The molecule has 0 heterocycles. The van der Waals surface area contributed by atoms with Crippen molar-refractivity contribution in [1.29, 1.82) is 0 Å². The molecule has 0 aliphatic heterocycles. The van der Waals surface area contributed by atoms with Gasteiger partial charge in [-0.05, 0) is 18.2 Å². The van der Waals surface area contributed by atoms with E-state index in [4.69, 9.17) is 10.5 Å². The number of halogens is 1. The predicted molar refractivity (Wildman–Crippen MR) is 64.3 cm³/mol. The molecule has 0 bridgehead atoms. The van der Waals surface area contributed by atoms with Crippen LogP contribution in [0.15, 0.2) is 22.7 Å². The molecule has 88 valence electrons. The van der Waals surface area contributed by atoms with Gasteiger partial charge in [-0.2, -0.15) is 0 Å². The Morgan fingerprint density at radius 3 is 3.00 bits per heavy atom. The molecule has 0 aromatic heterocycles. The molecule has 1 amide bonds. The van der Waals surface area contributed by atoms with Crippen LogP contribution in [0.3, 0.4) is 0 Å². The lowest BCUT2D eigenvalue weighted by Gasteiger charge is -2.12. The van der Waals surface area contributed by atoms with E-state index in [2.05, 4.69) is 21.2 Å². The molecule has 1 aromatic carbocycles.